The van der Waals surface area contributed by atoms with Gasteiger partial charge in [0.1, 0.15) is 0 Å². The maximum Gasteiger partial charge on any atom is 0.271 e. The van der Waals surface area contributed by atoms with E-state index < -0.39 is 15.9 Å². The summed E-state index contributed by atoms with van der Waals surface area (Å²) in [6.45, 7) is 5.93. The molecular weight excluding hydrogens is 421 g/mol. The van der Waals surface area contributed by atoms with Crippen molar-refractivity contribution in [3.05, 3.63) is 63.6 Å². The molecule has 0 aliphatic rings. The molecule has 0 unspecified atom stereocenters. The quantitative estimate of drug-likeness (QED) is 0.516. The second-order valence-corrected chi connectivity index (χ2v) is 8.64. The number of carbonyl (C=O) groups is 1. The molecular formula is C19H21Cl2N3O3S. The van der Waals surface area contributed by atoms with Crippen molar-refractivity contribution < 1.29 is 13.2 Å². The third kappa shape index (κ3) is 5.11. The van der Waals surface area contributed by atoms with Crippen LogP contribution in [0.1, 0.15) is 36.7 Å². The van der Waals surface area contributed by atoms with Gasteiger partial charge < -0.3 is 0 Å². The van der Waals surface area contributed by atoms with E-state index in [1.165, 1.54) is 28.6 Å². The summed E-state index contributed by atoms with van der Waals surface area (Å²) in [5.41, 5.74) is 3.85. The van der Waals surface area contributed by atoms with E-state index >= 15 is 0 Å². The zero-order valence-corrected chi connectivity index (χ0v) is 18.1. The van der Waals surface area contributed by atoms with Gasteiger partial charge >= 0.3 is 0 Å². The summed E-state index contributed by atoms with van der Waals surface area (Å²) < 4.78 is 26.6. The number of amides is 1. The number of nitrogens with one attached hydrogen (secondary N) is 1. The van der Waals surface area contributed by atoms with Crippen LogP contribution in [-0.2, 0) is 10.0 Å². The number of rotatable bonds is 7. The van der Waals surface area contributed by atoms with Crippen molar-refractivity contribution in [1.29, 1.82) is 0 Å². The normalized spacial score (nSPS) is 12.3. The molecule has 0 heterocycles. The lowest BCUT2D eigenvalue weighted by Gasteiger charge is -2.18. The molecule has 0 aromatic heterocycles. The second kappa shape index (κ2) is 9.52. The van der Waals surface area contributed by atoms with Crippen LogP contribution in [0.2, 0.25) is 10.0 Å². The molecule has 150 valence electrons. The third-order valence-corrected chi connectivity index (χ3v) is 6.89. The Kier molecular flexibility index (Phi) is 7.60. The molecule has 0 saturated carbocycles. The van der Waals surface area contributed by atoms with E-state index in [-0.39, 0.29) is 10.5 Å². The first-order valence-corrected chi connectivity index (χ1v) is 10.8. The molecule has 9 heteroatoms. The lowest BCUT2D eigenvalue weighted by molar-refractivity contribution is 0.0954. The maximum absolute atomic E-state index is 12.6. The predicted molar refractivity (Wildman–Crippen MR) is 113 cm³/mol. The van der Waals surface area contributed by atoms with Crippen LogP contribution < -0.4 is 5.43 Å². The number of halogens is 2. The van der Waals surface area contributed by atoms with E-state index in [2.05, 4.69) is 10.5 Å². The molecule has 1 amide bonds. The van der Waals surface area contributed by atoms with Crippen molar-refractivity contribution in [3.63, 3.8) is 0 Å². The minimum atomic E-state index is -3.65. The number of hydrogen-bond donors (Lipinski definition) is 1. The summed E-state index contributed by atoms with van der Waals surface area (Å²) in [6.07, 6.45) is 0. The van der Waals surface area contributed by atoms with Gasteiger partial charge in [0.15, 0.2) is 0 Å². The van der Waals surface area contributed by atoms with Crippen LogP contribution in [-0.4, -0.2) is 37.4 Å². The van der Waals surface area contributed by atoms with Crippen molar-refractivity contribution in [1.82, 2.24) is 9.73 Å². The number of carbonyl (C=O) groups excluding carboxylic acids is 1. The highest BCUT2D eigenvalue weighted by Gasteiger charge is 2.22. The van der Waals surface area contributed by atoms with Crippen molar-refractivity contribution in [2.24, 2.45) is 5.10 Å². The van der Waals surface area contributed by atoms with Gasteiger partial charge in [-0.1, -0.05) is 49.2 Å². The van der Waals surface area contributed by atoms with Crippen LogP contribution in [0.15, 0.2) is 52.5 Å². The average Bonchev–Trinajstić information content (AvgIpc) is 2.68. The molecule has 0 aliphatic carbocycles. The molecule has 0 spiro atoms. The number of hydrazone groups is 1. The van der Waals surface area contributed by atoms with Gasteiger partial charge in [0, 0.05) is 18.7 Å². The SMILES string of the molecule is CCN(CC)S(=O)(=O)c1cccc(C(=O)NN=C(C)c2ccc(Cl)c(Cl)c2)c1. The first-order chi connectivity index (χ1) is 13.2. The summed E-state index contributed by atoms with van der Waals surface area (Å²) in [5.74, 6) is -0.518. The first kappa shape index (κ1) is 22.4. The molecule has 28 heavy (non-hydrogen) atoms. The standard InChI is InChI=1S/C19H21Cl2N3O3S/c1-4-24(5-2)28(26,27)16-8-6-7-15(11-16)19(25)23-22-13(3)14-9-10-17(20)18(21)12-14/h6-12H,4-5H2,1-3H3,(H,23,25). The number of benzene rings is 2. The third-order valence-electron chi connectivity index (χ3n) is 4.10. The predicted octanol–water partition coefficient (Wildman–Crippen LogP) is 4.18. The van der Waals surface area contributed by atoms with Gasteiger partial charge in [0.05, 0.1) is 20.7 Å². The smallest absolute Gasteiger partial charge is 0.267 e. The van der Waals surface area contributed by atoms with Crippen LogP contribution in [0.5, 0.6) is 0 Å². The first-order valence-electron chi connectivity index (χ1n) is 8.61. The minimum Gasteiger partial charge on any atom is -0.267 e. The van der Waals surface area contributed by atoms with Crippen LogP contribution in [0.3, 0.4) is 0 Å². The molecule has 0 bridgehead atoms. The van der Waals surface area contributed by atoms with Gasteiger partial charge in [0.25, 0.3) is 5.91 Å². The van der Waals surface area contributed by atoms with Crippen molar-refractivity contribution >= 4 is 44.8 Å². The van der Waals surface area contributed by atoms with E-state index in [9.17, 15) is 13.2 Å². The lowest BCUT2D eigenvalue weighted by Crippen LogP contribution is -2.30. The molecule has 2 aromatic rings. The van der Waals surface area contributed by atoms with E-state index in [4.69, 9.17) is 23.2 Å². The molecule has 1 N–H and O–H groups in total. The van der Waals surface area contributed by atoms with E-state index in [1.807, 2.05) is 0 Å². The van der Waals surface area contributed by atoms with Crippen LogP contribution in [0, 0.1) is 0 Å². The van der Waals surface area contributed by atoms with Crippen LogP contribution >= 0.6 is 23.2 Å². The summed E-state index contributed by atoms with van der Waals surface area (Å²) in [7, 11) is -3.65. The summed E-state index contributed by atoms with van der Waals surface area (Å²) in [4.78, 5) is 12.5. The maximum atomic E-state index is 12.6. The Morgan fingerprint density at radius 3 is 2.32 bits per heavy atom. The highest BCUT2D eigenvalue weighted by molar-refractivity contribution is 7.89. The number of nitrogens with zero attached hydrogens (tertiary/aromatic N) is 2. The zero-order valence-electron chi connectivity index (χ0n) is 15.7. The van der Waals surface area contributed by atoms with E-state index in [0.29, 0.717) is 34.4 Å². The summed E-state index contributed by atoms with van der Waals surface area (Å²) >= 11 is 11.9. The summed E-state index contributed by atoms with van der Waals surface area (Å²) in [6, 6.07) is 10.9. The molecule has 0 saturated heterocycles. The molecule has 0 radical (unpaired) electrons. The van der Waals surface area contributed by atoms with Gasteiger partial charge in [-0.25, -0.2) is 13.8 Å². The molecule has 2 aromatic carbocycles. The fourth-order valence-electron chi connectivity index (χ4n) is 2.50. The Labute approximate surface area is 175 Å². The monoisotopic (exact) mass is 441 g/mol. The topological polar surface area (TPSA) is 78.8 Å². The molecule has 0 fully saturated rings. The van der Waals surface area contributed by atoms with Crippen molar-refractivity contribution in [3.8, 4) is 0 Å². The largest absolute Gasteiger partial charge is 0.271 e. The molecule has 0 aliphatic heterocycles. The van der Waals surface area contributed by atoms with Crippen molar-refractivity contribution in [2.75, 3.05) is 13.1 Å². The van der Waals surface area contributed by atoms with E-state index in [0.717, 1.165) is 0 Å². The van der Waals surface area contributed by atoms with Gasteiger partial charge in [-0.05, 0) is 42.8 Å². The fourth-order valence-corrected chi connectivity index (χ4v) is 4.30. The number of sulfonamides is 1. The lowest BCUT2D eigenvalue weighted by atomic mass is 10.1. The minimum absolute atomic E-state index is 0.0639. The Balaban J connectivity index is 2.22. The van der Waals surface area contributed by atoms with Gasteiger partial charge in [-0.15, -0.1) is 0 Å². The van der Waals surface area contributed by atoms with Crippen LogP contribution in [0.25, 0.3) is 0 Å². The van der Waals surface area contributed by atoms with Crippen molar-refractivity contribution in [2.45, 2.75) is 25.7 Å². The highest BCUT2D eigenvalue weighted by Crippen LogP contribution is 2.23. The number of hydrogen-bond acceptors (Lipinski definition) is 4. The Morgan fingerprint density at radius 1 is 1.04 bits per heavy atom. The molecule has 2 rings (SSSR count). The van der Waals surface area contributed by atoms with E-state index in [1.54, 1.807) is 39.0 Å². The van der Waals surface area contributed by atoms with Gasteiger partial charge in [-0.3, -0.25) is 4.79 Å². The van der Waals surface area contributed by atoms with Crippen LogP contribution in [0.4, 0.5) is 0 Å². The second-order valence-electron chi connectivity index (χ2n) is 5.88. The molecule has 6 nitrogen and oxygen atoms in total. The Bertz CT molecular complexity index is 1000. The highest BCUT2D eigenvalue weighted by atomic mass is 35.5. The Morgan fingerprint density at radius 2 is 1.71 bits per heavy atom. The molecule has 0 atom stereocenters. The fraction of sp³-hybridized carbons (Fsp3) is 0.263. The zero-order chi connectivity index (χ0) is 20.9. The Hall–Kier alpha value is -1.93. The van der Waals surface area contributed by atoms with Gasteiger partial charge in [-0.2, -0.15) is 9.41 Å². The summed E-state index contributed by atoms with van der Waals surface area (Å²) in [5, 5.41) is 4.86. The van der Waals surface area contributed by atoms with Gasteiger partial charge in [0.2, 0.25) is 10.0 Å². The average molecular weight is 442 g/mol.